The van der Waals surface area contributed by atoms with Gasteiger partial charge < -0.3 is 10.1 Å². The maximum atomic E-state index is 12.7. The normalized spacial score (nSPS) is 11.1. The van der Waals surface area contributed by atoms with Crippen LogP contribution in [0.4, 0.5) is 11.6 Å². The highest BCUT2D eigenvalue weighted by atomic mass is 35.5. The van der Waals surface area contributed by atoms with Crippen molar-refractivity contribution in [2.45, 2.75) is 37.5 Å². The zero-order chi connectivity index (χ0) is 24.6. The fourth-order valence-corrected chi connectivity index (χ4v) is 4.54. The summed E-state index contributed by atoms with van der Waals surface area (Å²) in [5, 5.41) is 3.17. The average Bonchev–Trinajstić information content (AvgIpc) is 2.81. The predicted molar refractivity (Wildman–Crippen MR) is 133 cm³/mol. The number of nitrogens with one attached hydrogen (secondary N) is 2. The molecule has 3 rings (SSSR count). The topological polar surface area (TPSA) is 110 Å². The number of hydrogen-bond donors (Lipinski definition) is 2. The van der Waals surface area contributed by atoms with Crippen molar-refractivity contribution in [3.05, 3.63) is 70.5 Å². The molecule has 0 radical (unpaired) electrons. The van der Waals surface area contributed by atoms with Gasteiger partial charge in [-0.15, -0.1) is 0 Å². The Morgan fingerprint density at radius 3 is 2.26 bits per heavy atom. The molecule has 0 unspecified atom stereocenters. The van der Waals surface area contributed by atoms with Crippen molar-refractivity contribution in [3.63, 3.8) is 0 Å². The van der Waals surface area contributed by atoms with E-state index in [1.165, 1.54) is 48.8 Å². The molecule has 3 aromatic rings. The van der Waals surface area contributed by atoms with Gasteiger partial charge in [-0.1, -0.05) is 49.4 Å². The summed E-state index contributed by atoms with van der Waals surface area (Å²) < 4.78 is 32.9. The van der Waals surface area contributed by atoms with Crippen LogP contribution in [-0.2, 0) is 10.0 Å². The minimum Gasteiger partial charge on any atom is -0.490 e. The smallest absolute Gasteiger partial charge is 0.264 e. The molecule has 1 amide bonds. The highest BCUT2D eigenvalue weighted by Crippen LogP contribution is 2.34. The third-order valence-corrected chi connectivity index (χ3v) is 6.62. The first kappa shape index (κ1) is 25.7. The summed E-state index contributed by atoms with van der Waals surface area (Å²) in [5.74, 6) is -0.146. The number of sulfonamides is 1. The van der Waals surface area contributed by atoms with E-state index in [1.807, 2.05) is 0 Å². The lowest BCUT2D eigenvalue weighted by Gasteiger charge is -2.12. The molecule has 8 nitrogen and oxygen atoms in total. The molecule has 0 atom stereocenters. The molecule has 11 heteroatoms. The molecule has 0 aliphatic carbocycles. The van der Waals surface area contributed by atoms with Gasteiger partial charge in [-0.25, -0.2) is 23.1 Å². The fraction of sp³-hybridized carbons (Fsp3) is 0.261. The molecular formula is C23H24Cl2N4O4S. The number of nitrogens with zero attached hydrogens (tertiary/aromatic N) is 2. The highest BCUT2D eigenvalue weighted by Gasteiger charge is 2.17. The highest BCUT2D eigenvalue weighted by molar-refractivity contribution is 7.92. The van der Waals surface area contributed by atoms with Crippen molar-refractivity contribution in [2.24, 2.45) is 0 Å². The Morgan fingerprint density at radius 2 is 1.65 bits per heavy atom. The largest absolute Gasteiger partial charge is 0.490 e. The van der Waals surface area contributed by atoms with Crippen LogP contribution in [0.5, 0.6) is 5.75 Å². The minimum absolute atomic E-state index is 0.00974. The van der Waals surface area contributed by atoms with E-state index in [1.54, 1.807) is 6.07 Å². The molecule has 0 aliphatic rings. The van der Waals surface area contributed by atoms with Gasteiger partial charge in [0.2, 0.25) is 5.95 Å². The summed E-state index contributed by atoms with van der Waals surface area (Å²) in [6.45, 7) is 2.62. The van der Waals surface area contributed by atoms with E-state index in [9.17, 15) is 13.2 Å². The number of benzene rings is 2. The Bertz CT molecular complexity index is 1200. The van der Waals surface area contributed by atoms with Crippen molar-refractivity contribution in [1.29, 1.82) is 0 Å². The monoisotopic (exact) mass is 522 g/mol. The second-order valence-corrected chi connectivity index (χ2v) is 9.83. The Morgan fingerprint density at radius 1 is 1.00 bits per heavy atom. The van der Waals surface area contributed by atoms with Gasteiger partial charge in [0.1, 0.15) is 0 Å². The van der Waals surface area contributed by atoms with Crippen LogP contribution in [0, 0.1) is 0 Å². The lowest BCUT2D eigenvalue weighted by atomic mass is 10.2. The second-order valence-electron chi connectivity index (χ2n) is 7.33. The molecule has 34 heavy (non-hydrogen) atoms. The molecule has 0 saturated carbocycles. The van der Waals surface area contributed by atoms with Crippen molar-refractivity contribution in [1.82, 2.24) is 9.97 Å². The van der Waals surface area contributed by atoms with E-state index >= 15 is 0 Å². The summed E-state index contributed by atoms with van der Waals surface area (Å²) in [4.78, 5) is 20.3. The first-order valence-corrected chi connectivity index (χ1v) is 12.9. The van der Waals surface area contributed by atoms with Gasteiger partial charge in [-0.2, -0.15) is 0 Å². The van der Waals surface area contributed by atoms with Crippen LogP contribution in [-0.4, -0.2) is 30.9 Å². The van der Waals surface area contributed by atoms with Crippen molar-refractivity contribution in [3.8, 4) is 5.75 Å². The molecule has 1 aromatic heterocycles. The standard InChI is InChI=1S/C23H24Cl2N4O4S/c1-2-3-4-5-13-33-21-19(24)14-16(15-20(21)25)22(30)28-17-7-9-18(10-8-17)34(31,32)29-23-26-11-6-12-27-23/h6-12,14-15H,2-5,13H2,1H3,(H,28,30)(H,26,27,29). The molecule has 0 saturated heterocycles. The fourth-order valence-electron chi connectivity index (χ4n) is 2.98. The molecule has 180 valence electrons. The van der Waals surface area contributed by atoms with E-state index in [-0.39, 0.29) is 26.5 Å². The van der Waals surface area contributed by atoms with Crippen molar-refractivity contribution in [2.75, 3.05) is 16.6 Å². The SMILES string of the molecule is CCCCCCOc1c(Cl)cc(C(=O)Nc2ccc(S(=O)(=O)Nc3ncccn3)cc2)cc1Cl. The third kappa shape index (κ3) is 7.06. The molecule has 1 heterocycles. The number of carbonyl (C=O) groups is 1. The number of ether oxygens (including phenoxy) is 1. The van der Waals surface area contributed by atoms with E-state index in [0.717, 1.165) is 25.7 Å². The number of halogens is 2. The van der Waals surface area contributed by atoms with Gasteiger partial charge in [0, 0.05) is 23.6 Å². The van der Waals surface area contributed by atoms with Gasteiger partial charge >= 0.3 is 0 Å². The zero-order valence-corrected chi connectivity index (χ0v) is 20.8. The summed E-state index contributed by atoms with van der Waals surface area (Å²) in [6.07, 6.45) is 7.06. The number of aromatic nitrogens is 2. The molecular weight excluding hydrogens is 499 g/mol. The van der Waals surface area contributed by atoms with Gasteiger partial charge in [0.15, 0.2) is 5.75 Å². The maximum Gasteiger partial charge on any atom is 0.264 e. The van der Waals surface area contributed by atoms with Gasteiger partial charge in [0.25, 0.3) is 15.9 Å². The average molecular weight is 523 g/mol. The first-order chi connectivity index (χ1) is 16.3. The molecule has 2 aromatic carbocycles. The Hall–Kier alpha value is -2.88. The van der Waals surface area contributed by atoms with E-state index in [0.29, 0.717) is 18.0 Å². The van der Waals surface area contributed by atoms with Gasteiger partial charge in [-0.3, -0.25) is 4.79 Å². The van der Waals surface area contributed by atoms with Crippen LogP contribution < -0.4 is 14.8 Å². The van der Waals surface area contributed by atoms with Crippen molar-refractivity contribution < 1.29 is 17.9 Å². The van der Waals surface area contributed by atoms with Crippen LogP contribution in [0.25, 0.3) is 0 Å². The molecule has 0 bridgehead atoms. The Kier molecular flexibility index (Phi) is 9.09. The number of hydrogen-bond acceptors (Lipinski definition) is 6. The molecule has 0 spiro atoms. The summed E-state index contributed by atoms with van der Waals surface area (Å²) in [7, 11) is -3.88. The molecule has 0 fully saturated rings. The Labute approximate surface area is 208 Å². The zero-order valence-electron chi connectivity index (χ0n) is 18.4. The third-order valence-electron chi connectivity index (χ3n) is 4.72. The van der Waals surface area contributed by atoms with E-state index in [4.69, 9.17) is 27.9 Å². The Balaban J connectivity index is 1.64. The maximum absolute atomic E-state index is 12.7. The van der Waals surface area contributed by atoms with Crippen molar-refractivity contribution >= 4 is 50.8 Å². The number of rotatable bonds is 11. The summed E-state index contributed by atoms with van der Waals surface area (Å²) >= 11 is 12.6. The van der Waals surface area contributed by atoms with Gasteiger partial charge in [-0.05, 0) is 48.9 Å². The molecule has 2 N–H and O–H groups in total. The number of amides is 1. The predicted octanol–water partition coefficient (Wildman–Crippen LogP) is 5.80. The van der Waals surface area contributed by atoms with Crippen LogP contribution in [0.15, 0.2) is 59.8 Å². The van der Waals surface area contributed by atoms with Crippen LogP contribution in [0.3, 0.4) is 0 Å². The van der Waals surface area contributed by atoms with Gasteiger partial charge in [0.05, 0.1) is 21.5 Å². The second kappa shape index (κ2) is 12.0. The quantitative estimate of drug-likeness (QED) is 0.308. The summed E-state index contributed by atoms with van der Waals surface area (Å²) in [6, 6.07) is 10.2. The minimum atomic E-state index is -3.88. The first-order valence-electron chi connectivity index (χ1n) is 10.6. The lowest BCUT2D eigenvalue weighted by molar-refractivity contribution is 0.102. The summed E-state index contributed by atoms with van der Waals surface area (Å²) in [5.41, 5.74) is 0.635. The van der Waals surface area contributed by atoms with Crippen LogP contribution in [0.2, 0.25) is 10.0 Å². The number of anilines is 2. The van der Waals surface area contributed by atoms with Crippen LogP contribution in [0.1, 0.15) is 43.0 Å². The molecule has 0 aliphatic heterocycles. The number of carbonyl (C=O) groups excluding carboxylic acids is 1. The van der Waals surface area contributed by atoms with Crippen LogP contribution >= 0.6 is 23.2 Å². The van der Waals surface area contributed by atoms with E-state index < -0.39 is 15.9 Å². The lowest BCUT2D eigenvalue weighted by Crippen LogP contribution is -2.15. The number of unbranched alkanes of at least 4 members (excludes halogenated alkanes) is 3. The van der Waals surface area contributed by atoms with E-state index in [2.05, 4.69) is 26.9 Å².